The monoisotopic (exact) mass is 291 g/mol. The average molecular weight is 291 g/mol. The first-order chi connectivity index (χ1) is 9.97. The standard InChI is InChI=1S/C14H8F3N3O/c15-14(16,17)13(21)20-10-7-8-3-1-5-18-11(8)12-9(10)4-2-6-19-12/h1-7H,(H,20,21). The molecule has 1 aromatic carbocycles. The zero-order valence-electron chi connectivity index (χ0n) is 10.5. The van der Waals surface area contributed by atoms with Crippen molar-refractivity contribution in [2.75, 3.05) is 5.32 Å². The van der Waals surface area contributed by atoms with Crippen molar-refractivity contribution in [2.45, 2.75) is 6.18 Å². The number of hydrogen-bond donors (Lipinski definition) is 1. The largest absolute Gasteiger partial charge is 0.471 e. The van der Waals surface area contributed by atoms with Crippen molar-refractivity contribution in [3.05, 3.63) is 42.7 Å². The second-order valence-corrected chi connectivity index (χ2v) is 4.35. The Hall–Kier alpha value is -2.70. The Morgan fingerprint density at radius 2 is 1.71 bits per heavy atom. The van der Waals surface area contributed by atoms with Crippen LogP contribution < -0.4 is 5.32 Å². The Balaban J connectivity index is 2.23. The molecule has 0 saturated heterocycles. The minimum atomic E-state index is -4.95. The lowest BCUT2D eigenvalue weighted by Crippen LogP contribution is -2.30. The van der Waals surface area contributed by atoms with Gasteiger partial charge in [0, 0.05) is 23.2 Å². The van der Waals surface area contributed by atoms with E-state index in [-0.39, 0.29) is 5.69 Å². The Morgan fingerprint density at radius 1 is 1.05 bits per heavy atom. The maximum atomic E-state index is 12.4. The van der Waals surface area contributed by atoms with Crippen LogP contribution in [0.15, 0.2) is 42.7 Å². The Kier molecular flexibility index (Phi) is 2.97. The van der Waals surface area contributed by atoms with Crippen LogP contribution in [0.5, 0.6) is 0 Å². The molecule has 1 amide bonds. The number of carbonyl (C=O) groups excluding carboxylic acids is 1. The second kappa shape index (κ2) is 4.69. The van der Waals surface area contributed by atoms with Crippen LogP contribution in [0.3, 0.4) is 0 Å². The first-order valence-electron chi connectivity index (χ1n) is 5.97. The molecule has 0 radical (unpaired) electrons. The number of anilines is 1. The van der Waals surface area contributed by atoms with E-state index in [9.17, 15) is 18.0 Å². The molecule has 3 aromatic rings. The third kappa shape index (κ3) is 2.37. The van der Waals surface area contributed by atoms with Gasteiger partial charge < -0.3 is 5.32 Å². The molecule has 0 aliphatic heterocycles. The smallest absolute Gasteiger partial charge is 0.318 e. The van der Waals surface area contributed by atoms with Crippen LogP contribution in [-0.4, -0.2) is 22.1 Å². The van der Waals surface area contributed by atoms with E-state index in [0.717, 1.165) is 0 Å². The highest BCUT2D eigenvalue weighted by Gasteiger charge is 2.38. The van der Waals surface area contributed by atoms with E-state index < -0.39 is 12.1 Å². The zero-order chi connectivity index (χ0) is 15.0. The first kappa shape index (κ1) is 13.3. The van der Waals surface area contributed by atoms with Crippen LogP contribution in [0.2, 0.25) is 0 Å². The minimum absolute atomic E-state index is 0.0564. The lowest BCUT2D eigenvalue weighted by atomic mass is 10.1. The molecule has 0 spiro atoms. The summed E-state index contributed by atoms with van der Waals surface area (Å²) in [7, 11) is 0. The number of alkyl halides is 3. The number of fused-ring (bicyclic) bond motifs is 3. The highest BCUT2D eigenvalue weighted by molar-refractivity contribution is 6.12. The molecule has 0 bridgehead atoms. The fourth-order valence-electron chi connectivity index (χ4n) is 2.07. The van der Waals surface area contributed by atoms with Gasteiger partial charge in [0.05, 0.1) is 16.7 Å². The number of pyridine rings is 2. The number of rotatable bonds is 1. The van der Waals surface area contributed by atoms with Gasteiger partial charge >= 0.3 is 12.1 Å². The zero-order valence-corrected chi connectivity index (χ0v) is 10.5. The summed E-state index contributed by atoms with van der Waals surface area (Å²) in [4.78, 5) is 19.5. The lowest BCUT2D eigenvalue weighted by molar-refractivity contribution is -0.167. The van der Waals surface area contributed by atoms with Gasteiger partial charge in [0.2, 0.25) is 0 Å². The van der Waals surface area contributed by atoms with Crippen molar-refractivity contribution in [2.24, 2.45) is 0 Å². The number of carbonyl (C=O) groups is 1. The maximum Gasteiger partial charge on any atom is 0.471 e. The van der Waals surface area contributed by atoms with Crippen LogP contribution in [0.25, 0.3) is 21.8 Å². The van der Waals surface area contributed by atoms with Crippen molar-refractivity contribution in [3.8, 4) is 0 Å². The summed E-state index contributed by atoms with van der Waals surface area (Å²) in [5, 5.41) is 2.89. The van der Waals surface area contributed by atoms with E-state index in [0.29, 0.717) is 21.8 Å². The van der Waals surface area contributed by atoms with Crippen LogP contribution >= 0.6 is 0 Å². The van der Waals surface area contributed by atoms with Gasteiger partial charge in [-0.05, 0) is 24.3 Å². The highest BCUT2D eigenvalue weighted by atomic mass is 19.4. The third-order valence-corrected chi connectivity index (χ3v) is 2.97. The van der Waals surface area contributed by atoms with Gasteiger partial charge in [0.25, 0.3) is 0 Å². The van der Waals surface area contributed by atoms with Crippen LogP contribution in [0, 0.1) is 0 Å². The summed E-state index contributed by atoms with van der Waals surface area (Å²) in [6.07, 6.45) is -1.85. The maximum absolute atomic E-state index is 12.4. The summed E-state index contributed by atoms with van der Waals surface area (Å²) in [6.45, 7) is 0. The minimum Gasteiger partial charge on any atom is -0.318 e. The molecule has 1 N–H and O–H groups in total. The Morgan fingerprint density at radius 3 is 2.43 bits per heavy atom. The fourth-order valence-corrected chi connectivity index (χ4v) is 2.07. The van der Waals surface area contributed by atoms with Gasteiger partial charge in [-0.2, -0.15) is 13.2 Å². The summed E-state index contributed by atoms with van der Waals surface area (Å²) >= 11 is 0. The van der Waals surface area contributed by atoms with E-state index in [2.05, 4.69) is 9.97 Å². The number of benzene rings is 1. The molecule has 106 valence electrons. The van der Waals surface area contributed by atoms with Gasteiger partial charge in [-0.25, -0.2) is 0 Å². The lowest BCUT2D eigenvalue weighted by Gasteiger charge is -2.11. The first-order valence-corrected chi connectivity index (χ1v) is 5.97. The molecule has 0 atom stereocenters. The average Bonchev–Trinajstić information content (AvgIpc) is 2.46. The van der Waals surface area contributed by atoms with Gasteiger partial charge in [-0.3, -0.25) is 14.8 Å². The summed E-state index contributed by atoms with van der Waals surface area (Å²) in [5.74, 6) is -2.02. The summed E-state index contributed by atoms with van der Waals surface area (Å²) < 4.78 is 37.2. The van der Waals surface area contributed by atoms with Crippen LogP contribution in [0.1, 0.15) is 0 Å². The summed E-state index contributed by atoms with van der Waals surface area (Å²) in [6, 6.07) is 7.98. The molecule has 3 rings (SSSR count). The van der Waals surface area contributed by atoms with Crippen molar-refractivity contribution in [1.82, 2.24) is 9.97 Å². The van der Waals surface area contributed by atoms with Gasteiger partial charge in [-0.1, -0.05) is 6.07 Å². The molecule has 2 heterocycles. The number of aromatic nitrogens is 2. The molecule has 0 saturated carbocycles. The van der Waals surface area contributed by atoms with E-state index in [1.807, 2.05) is 5.32 Å². The molecule has 0 aliphatic carbocycles. The normalized spacial score (nSPS) is 11.8. The molecule has 0 unspecified atom stereocenters. The molecular formula is C14H8F3N3O. The number of nitrogens with one attached hydrogen (secondary N) is 1. The third-order valence-electron chi connectivity index (χ3n) is 2.97. The molecule has 0 fully saturated rings. The van der Waals surface area contributed by atoms with Crippen LogP contribution in [-0.2, 0) is 4.79 Å². The molecule has 7 heteroatoms. The van der Waals surface area contributed by atoms with Crippen molar-refractivity contribution >= 4 is 33.4 Å². The Bertz CT molecular complexity index is 846. The van der Waals surface area contributed by atoms with E-state index in [1.54, 1.807) is 30.5 Å². The van der Waals surface area contributed by atoms with Crippen LogP contribution in [0.4, 0.5) is 18.9 Å². The predicted octanol–water partition coefficient (Wildman–Crippen LogP) is 3.28. The van der Waals surface area contributed by atoms with Gasteiger partial charge in [0.1, 0.15) is 0 Å². The molecule has 4 nitrogen and oxygen atoms in total. The van der Waals surface area contributed by atoms with Crippen molar-refractivity contribution < 1.29 is 18.0 Å². The predicted molar refractivity (Wildman–Crippen MR) is 71.7 cm³/mol. The fraction of sp³-hybridized carbons (Fsp3) is 0.0714. The Labute approximate surface area is 116 Å². The second-order valence-electron chi connectivity index (χ2n) is 4.35. The molecule has 0 aliphatic rings. The number of amides is 1. The van der Waals surface area contributed by atoms with E-state index in [4.69, 9.17) is 0 Å². The molecule has 21 heavy (non-hydrogen) atoms. The number of nitrogens with zero attached hydrogens (tertiary/aromatic N) is 2. The van der Waals surface area contributed by atoms with E-state index in [1.165, 1.54) is 12.3 Å². The highest BCUT2D eigenvalue weighted by Crippen LogP contribution is 2.30. The van der Waals surface area contributed by atoms with Gasteiger partial charge in [-0.15, -0.1) is 0 Å². The molecule has 2 aromatic heterocycles. The van der Waals surface area contributed by atoms with Crippen molar-refractivity contribution in [1.29, 1.82) is 0 Å². The van der Waals surface area contributed by atoms with Gasteiger partial charge in [0.15, 0.2) is 0 Å². The van der Waals surface area contributed by atoms with E-state index >= 15 is 0 Å². The topological polar surface area (TPSA) is 54.9 Å². The quantitative estimate of drug-likeness (QED) is 0.700. The van der Waals surface area contributed by atoms with Crippen molar-refractivity contribution in [3.63, 3.8) is 0 Å². The summed E-state index contributed by atoms with van der Waals surface area (Å²) in [5.41, 5.74) is 1.06. The number of hydrogen-bond acceptors (Lipinski definition) is 3. The molecular weight excluding hydrogens is 283 g/mol. The SMILES string of the molecule is O=C(Nc1cc2cccnc2c2ncccc12)C(F)(F)F. The number of halogens is 3.